The normalized spacial score (nSPS) is 12.9. The van der Waals surface area contributed by atoms with E-state index in [-0.39, 0.29) is 6.04 Å². The van der Waals surface area contributed by atoms with Crippen molar-refractivity contribution in [1.29, 1.82) is 0 Å². The van der Waals surface area contributed by atoms with Gasteiger partial charge >= 0.3 is 0 Å². The summed E-state index contributed by atoms with van der Waals surface area (Å²) < 4.78 is 1.02. The molecule has 3 heteroatoms. The SMILES string of the molecule is CC(N)CCc1ccc(Br)cn1. The average molecular weight is 229 g/mol. The topological polar surface area (TPSA) is 38.9 Å². The van der Waals surface area contributed by atoms with Gasteiger partial charge < -0.3 is 5.73 Å². The third kappa shape index (κ3) is 3.32. The Bertz CT molecular complexity index is 231. The second-order valence-corrected chi connectivity index (χ2v) is 3.90. The van der Waals surface area contributed by atoms with E-state index in [4.69, 9.17) is 5.73 Å². The summed E-state index contributed by atoms with van der Waals surface area (Å²) in [6.07, 6.45) is 3.77. The van der Waals surface area contributed by atoms with Crippen LogP contribution in [0, 0.1) is 0 Å². The smallest absolute Gasteiger partial charge is 0.0413 e. The Labute approximate surface area is 81.3 Å². The molecule has 1 unspecified atom stereocenters. The van der Waals surface area contributed by atoms with Gasteiger partial charge in [-0.05, 0) is 47.8 Å². The van der Waals surface area contributed by atoms with E-state index in [0.717, 1.165) is 23.0 Å². The van der Waals surface area contributed by atoms with Crippen molar-refractivity contribution in [2.24, 2.45) is 5.73 Å². The molecular weight excluding hydrogens is 216 g/mol. The molecule has 0 bridgehead atoms. The summed E-state index contributed by atoms with van der Waals surface area (Å²) in [5.74, 6) is 0. The molecule has 0 spiro atoms. The third-order valence-electron chi connectivity index (χ3n) is 1.64. The number of nitrogens with two attached hydrogens (primary N) is 1. The number of hydrogen-bond acceptors (Lipinski definition) is 2. The highest BCUT2D eigenvalue weighted by molar-refractivity contribution is 9.10. The molecule has 2 nitrogen and oxygen atoms in total. The molecule has 0 aromatic carbocycles. The van der Waals surface area contributed by atoms with Crippen LogP contribution in [0.1, 0.15) is 19.0 Å². The Kier molecular flexibility index (Phi) is 3.69. The maximum Gasteiger partial charge on any atom is 0.0413 e. The average Bonchev–Trinajstić information content (AvgIpc) is 2.03. The Balaban J connectivity index is 2.48. The minimum absolute atomic E-state index is 0.260. The standard InChI is InChI=1S/C9H13BrN2/c1-7(11)2-4-9-5-3-8(10)6-12-9/h3,5-7H,2,4,11H2,1H3. The zero-order valence-electron chi connectivity index (χ0n) is 7.13. The Morgan fingerprint density at radius 3 is 2.83 bits per heavy atom. The Morgan fingerprint density at radius 2 is 2.33 bits per heavy atom. The molecule has 12 heavy (non-hydrogen) atoms. The summed E-state index contributed by atoms with van der Waals surface area (Å²) in [5.41, 5.74) is 6.74. The molecule has 0 amide bonds. The van der Waals surface area contributed by atoms with Crippen molar-refractivity contribution < 1.29 is 0 Å². The van der Waals surface area contributed by atoms with Crippen molar-refractivity contribution >= 4 is 15.9 Å². The molecule has 0 aliphatic heterocycles. The van der Waals surface area contributed by atoms with Gasteiger partial charge in [-0.15, -0.1) is 0 Å². The molecule has 1 heterocycles. The highest BCUT2D eigenvalue weighted by atomic mass is 79.9. The van der Waals surface area contributed by atoms with Crippen molar-refractivity contribution in [3.05, 3.63) is 28.5 Å². The van der Waals surface area contributed by atoms with Gasteiger partial charge in [-0.25, -0.2) is 0 Å². The monoisotopic (exact) mass is 228 g/mol. The first-order chi connectivity index (χ1) is 5.68. The lowest BCUT2D eigenvalue weighted by molar-refractivity contribution is 0.658. The van der Waals surface area contributed by atoms with Gasteiger partial charge in [0.15, 0.2) is 0 Å². The van der Waals surface area contributed by atoms with Crippen molar-refractivity contribution in [2.75, 3.05) is 0 Å². The zero-order valence-corrected chi connectivity index (χ0v) is 8.71. The summed E-state index contributed by atoms with van der Waals surface area (Å²) in [4.78, 5) is 4.25. The first-order valence-corrected chi connectivity index (χ1v) is 4.84. The van der Waals surface area contributed by atoms with Gasteiger partial charge in [0.2, 0.25) is 0 Å². The molecule has 1 aromatic heterocycles. The van der Waals surface area contributed by atoms with Gasteiger partial charge in [-0.1, -0.05) is 0 Å². The quantitative estimate of drug-likeness (QED) is 0.862. The molecular formula is C9H13BrN2. The maximum absolute atomic E-state index is 5.63. The summed E-state index contributed by atoms with van der Waals surface area (Å²) in [6, 6.07) is 4.28. The molecule has 1 rings (SSSR count). The number of aromatic nitrogens is 1. The van der Waals surface area contributed by atoms with Crippen LogP contribution >= 0.6 is 15.9 Å². The second kappa shape index (κ2) is 4.58. The number of hydrogen-bond donors (Lipinski definition) is 1. The lowest BCUT2D eigenvalue weighted by Crippen LogP contribution is -2.15. The van der Waals surface area contributed by atoms with E-state index in [0.29, 0.717) is 0 Å². The first kappa shape index (κ1) is 9.68. The van der Waals surface area contributed by atoms with Gasteiger partial charge in [0, 0.05) is 22.4 Å². The summed E-state index contributed by atoms with van der Waals surface area (Å²) in [6.45, 7) is 2.01. The van der Waals surface area contributed by atoms with E-state index in [1.54, 1.807) is 0 Å². The van der Waals surface area contributed by atoms with E-state index in [2.05, 4.69) is 20.9 Å². The summed E-state index contributed by atoms with van der Waals surface area (Å²) in [7, 11) is 0. The number of rotatable bonds is 3. The minimum atomic E-state index is 0.260. The number of pyridine rings is 1. The Hall–Kier alpha value is -0.410. The Morgan fingerprint density at radius 1 is 1.58 bits per heavy atom. The van der Waals surface area contributed by atoms with Crippen LogP contribution in [-0.4, -0.2) is 11.0 Å². The molecule has 0 aliphatic carbocycles. The molecule has 0 saturated carbocycles. The predicted octanol–water partition coefficient (Wildman–Crippen LogP) is 2.12. The minimum Gasteiger partial charge on any atom is -0.328 e. The molecule has 2 N–H and O–H groups in total. The van der Waals surface area contributed by atoms with E-state index < -0.39 is 0 Å². The third-order valence-corrected chi connectivity index (χ3v) is 2.11. The van der Waals surface area contributed by atoms with Crippen LogP contribution in [0.3, 0.4) is 0 Å². The van der Waals surface area contributed by atoms with Crippen LogP contribution < -0.4 is 5.73 Å². The van der Waals surface area contributed by atoms with Crippen molar-refractivity contribution in [3.63, 3.8) is 0 Å². The fourth-order valence-electron chi connectivity index (χ4n) is 0.930. The molecule has 66 valence electrons. The van der Waals surface area contributed by atoms with Crippen molar-refractivity contribution in [2.45, 2.75) is 25.8 Å². The number of halogens is 1. The van der Waals surface area contributed by atoms with Crippen LogP contribution in [0.5, 0.6) is 0 Å². The van der Waals surface area contributed by atoms with Crippen LogP contribution in [-0.2, 0) is 6.42 Å². The van der Waals surface area contributed by atoms with Crippen LogP contribution in [0.4, 0.5) is 0 Å². The van der Waals surface area contributed by atoms with Crippen LogP contribution in [0.15, 0.2) is 22.8 Å². The highest BCUT2D eigenvalue weighted by Gasteiger charge is 1.97. The number of nitrogens with zero attached hydrogens (tertiary/aromatic N) is 1. The van der Waals surface area contributed by atoms with Crippen LogP contribution in [0.2, 0.25) is 0 Å². The van der Waals surface area contributed by atoms with Crippen molar-refractivity contribution in [1.82, 2.24) is 4.98 Å². The van der Waals surface area contributed by atoms with Gasteiger partial charge in [0.25, 0.3) is 0 Å². The fraction of sp³-hybridized carbons (Fsp3) is 0.444. The molecule has 0 saturated heterocycles. The summed E-state index contributed by atoms with van der Waals surface area (Å²) >= 11 is 3.34. The molecule has 0 radical (unpaired) electrons. The van der Waals surface area contributed by atoms with Gasteiger partial charge in [0.1, 0.15) is 0 Å². The van der Waals surface area contributed by atoms with E-state index in [9.17, 15) is 0 Å². The largest absolute Gasteiger partial charge is 0.328 e. The van der Waals surface area contributed by atoms with E-state index in [1.165, 1.54) is 0 Å². The van der Waals surface area contributed by atoms with Crippen molar-refractivity contribution in [3.8, 4) is 0 Å². The second-order valence-electron chi connectivity index (χ2n) is 2.98. The fourth-order valence-corrected chi connectivity index (χ4v) is 1.16. The first-order valence-electron chi connectivity index (χ1n) is 4.04. The highest BCUT2D eigenvalue weighted by Crippen LogP contribution is 2.08. The zero-order chi connectivity index (χ0) is 8.97. The molecule has 1 aromatic rings. The van der Waals surface area contributed by atoms with Gasteiger partial charge in [-0.2, -0.15) is 0 Å². The maximum atomic E-state index is 5.63. The van der Waals surface area contributed by atoms with E-state index in [1.807, 2.05) is 25.3 Å². The van der Waals surface area contributed by atoms with E-state index >= 15 is 0 Å². The number of aryl methyl sites for hydroxylation is 1. The molecule has 1 atom stereocenters. The van der Waals surface area contributed by atoms with Gasteiger partial charge in [-0.3, -0.25) is 4.98 Å². The molecule has 0 fully saturated rings. The predicted molar refractivity (Wildman–Crippen MR) is 53.9 cm³/mol. The molecule has 0 aliphatic rings. The summed E-state index contributed by atoms with van der Waals surface area (Å²) in [5, 5.41) is 0. The van der Waals surface area contributed by atoms with Crippen LogP contribution in [0.25, 0.3) is 0 Å². The van der Waals surface area contributed by atoms with Gasteiger partial charge in [0.05, 0.1) is 0 Å². The lowest BCUT2D eigenvalue weighted by Gasteiger charge is -2.03. The lowest BCUT2D eigenvalue weighted by atomic mass is 10.1.